The van der Waals surface area contributed by atoms with Gasteiger partial charge in [0.2, 0.25) is 11.7 Å². The molecule has 29 heavy (non-hydrogen) atoms. The van der Waals surface area contributed by atoms with Gasteiger partial charge in [0.1, 0.15) is 0 Å². The Kier molecular flexibility index (Phi) is 5.77. The third-order valence-corrected chi connectivity index (χ3v) is 4.83. The lowest BCUT2D eigenvalue weighted by molar-refractivity contribution is -0.116. The van der Waals surface area contributed by atoms with Gasteiger partial charge >= 0.3 is 11.9 Å². The largest absolute Gasteiger partial charge is 0.465 e. The average molecular weight is 395 g/mol. The maximum absolute atomic E-state index is 12.7. The number of methoxy groups -OCH3 is 1. The van der Waals surface area contributed by atoms with Crippen LogP contribution in [-0.4, -0.2) is 43.4 Å². The number of anilines is 1. The average Bonchev–Trinajstić information content (AvgIpc) is 3.16. The van der Waals surface area contributed by atoms with Crippen molar-refractivity contribution >= 4 is 29.3 Å². The second-order valence-corrected chi connectivity index (χ2v) is 6.74. The minimum absolute atomic E-state index is 0.0386. The molecular formula is C22H21NO6. The van der Waals surface area contributed by atoms with E-state index < -0.39 is 18.0 Å². The van der Waals surface area contributed by atoms with E-state index in [4.69, 9.17) is 4.74 Å². The van der Waals surface area contributed by atoms with Crippen LogP contribution in [0.4, 0.5) is 5.69 Å². The van der Waals surface area contributed by atoms with Gasteiger partial charge in [0, 0.05) is 24.7 Å². The molecule has 1 aliphatic heterocycles. The lowest BCUT2D eigenvalue weighted by Crippen LogP contribution is -2.26. The Hall–Kier alpha value is -3.48. The topological polar surface area (TPSA) is 90.0 Å². The van der Waals surface area contributed by atoms with Crippen molar-refractivity contribution in [3.05, 3.63) is 64.7 Å². The zero-order chi connectivity index (χ0) is 21.1. The second kappa shape index (κ2) is 8.26. The molecule has 7 nitrogen and oxygen atoms in total. The fourth-order valence-electron chi connectivity index (χ4n) is 3.26. The minimum atomic E-state index is -0.980. The van der Waals surface area contributed by atoms with Gasteiger partial charge < -0.3 is 14.4 Å². The van der Waals surface area contributed by atoms with Crippen molar-refractivity contribution in [3.63, 3.8) is 0 Å². The Labute approximate surface area is 168 Å². The number of amides is 1. The summed E-state index contributed by atoms with van der Waals surface area (Å²) in [5, 5.41) is 0. The number of carbonyl (C=O) groups is 4. The standard InChI is InChI=1S/C22H21NO6/c1-13(29-22(27)16-6-4-15(5-7-16)21(26)28-3)20(25)18-8-9-19-17(12-18)10-11-23(19)14(2)24/h4-9,12-13H,10-11H2,1-3H3. The molecule has 0 bridgehead atoms. The third-order valence-electron chi connectivity index (χ3n) is 4.83. The Morgan fingerprint density at radius 2 is 1.52 bits per heavy atom. The van der Waals surface area contributed by atoms with Gasteiger partial charge in [0.15, 0.2) is 6.10 Å². The van der Waals surface area contributed by atoms with Crippen molar-refractivity contribution in [3.8, 4) is 0 Å². The Morgan fingerprint density at radius 3 is 2.10 bits per heavy atom. The predicted octanol–water partition coefficient (Wildman–Crippen LogP) is 2.81. The number of ketones is 1. The molecule has 150 valence electrons. The van der Waals surface area contributed by atoms with Gasteiger partial charge in [-0.25, -0.2) is 9.59 Å². The van der Waals surface area contributed by atoms with Crippen LogP contribution in [0, 0.1) is 0 Å². The molecule has 0 N–H and O–H groups in total. The van der Waals surface area contributed by atoms with Crippen LogP contribution in [0.15, 0.2) is 42.5 Å². The summed E-state index contributed by atoms with van der Waals surface area (Å²) in [6.07, 6.45) is -0.303. The maximum atomic E-state index is 12.7. The normalized spacial score (nSPS) is 13.4. The summed E-state index contributed by atoms with van der Waals surface area (Å²) in [7, 11) is 1.27. The third kappa shape index (κ3) is 4.18. The number of fused-ring (bicyclic) bond motifs is 1. The van der Waals surface area contributed by atoms with E-state index in [-0.39, 0.29) is 17.3 Å². The molecule has 2 aromatic carbocycles. The quantitative estimate of drug-likeness (QED) is 0.571. The van der Waals surface area contributed by atoms with Crippen LogP contribution in [0.1, 0.15) is 50.5 Å². The zero-order valence-electron chi connectivity index (χ0n) is 16.4. The number of rotatable bonds is 5. The van der Waals surface area contributed by atoms with E-state index in [9.17, 15) is 19.2 Å². The van der Waals surface area contributed by atoms with E-state index in [1.54, 1.807) is 23.1 Å². The molecule has 0 saturated heterocycles. The van der Waals surface area contributed by atoms with Crippen molar-refractivity contribution in [2.45, 2.75) is 26.4 Å². The number of benzene rings is 2. The monoisotopic (exact) mass is 395 g/mol. The number of ether oxygens (including phenoxy) is 2. The van der Waals surface area contributed by atoms with E-state index >= 15 is 0 Å². The van der Waals surface area contributed by atoms with E-state index in [1.807, 2.05) is 0 Å². The number of carbonyl (C=O) groups excluding carboxylic acids is 4. The van der Waals surface area contributed by atoms with Crippen molar-refractivity contribution in [2.24, 2.45) is 0 Å². The highest BCUT2D eigenvalue weighted by atomic mass is 16.5. The van der Waals surface area contributed by atoms with E-state index in [0.717, 1.165) is 11.3 Å². The van der Waals surface area contributed by atoms with Gasteiger partial charge in [0.25, 0.3) is 0 Å². The summed E-state index contributed by atoms with van der Waals surface area (Å²) in [5.41, 5.74) is 2.69. The molecule has 0 spiro atoms. The van der Waals surface area contributed by atoms with Crippen LogP contribution < -0.4 is 4.90 Å². The minimum Gasteiger partial charge on any atom is -0.465 e. The van der Waals surface area contributed by atoms with Crippen molar-refractivity contribution in [1.82, 2.24) is 0 Å². The lowest BCUT2D eigenvalue weighted by atomic mass is 10.0. The Bertz CT molecular complexity index is 979. The molecule has 3 rings (SSSR count). The number of hydrogen-bond donors (Lipinski definition) is 0. The van der Waals surface area contributed by atoms with Crippen LogP contribution in [-0.2, 0) is 20.7 Å². The molecule has 0 aliphatic carbocycles. The highest BCUT2D eigenvalue weighted by molar-refractivity contribution is 6.03. The van der Waals surface area contributed by atoms with Gasteiger partial charge in [-0.2, -0.15) is 0 Å². The first-order valence-electron chi connectivity index (χ1n) is 9.16. The molecular weight excluding hydrogens is 374 g/mol. The molecule has 1 amide bonds. The molecule has 1 atom stereocenters. The molecule has 2 aromatic rings. The first-order chi connectivity index (χ1) is 13.8. The van der Waals surface area contributed by atoms with Gasteiger partial charge in [-0.05, 0) is 61.4 Å². The Balaban J connectivity index is 1.68. The highest BCUT2D eigenvalue weighted by Crippen LogP contribution is 2.29. The highest BCUT2D eigenvalue weighted by Gasteiger charge is 2.25. The fraction of sp³-hybridized carbons (Fsp3) is 0.273. The van der Waals surface area contributed by atoms with E-state index in [1.165, 1.54) is 45.2 Å². The smallest absolute Gasteiger partial charge is 0.338 e. The van der Waals surface area contributed by atoms with Gasteiger partial charge in [-0.3, -0.25) is 9.59 Å². The van der Waals surface area contributed by atoms with Crippen molar-refractivity contribution in [2.75, 3.05) is 18.6 Å². The maximum Gasteiger partial charge on any atom is 0.338 e. The first kappa shape index (κ1) is 20.3. The summed E-state index contributed by atoms with van der Waals surface area (Å²) in [4.78, 5) is 49.8. The Morgan fingerprint density at radius 1 is 0.931 bits per heavy atom. The summed E-state index contributed by atoms with van der Waals surface area (Å²) < 4.78 is 9.90. The van der Waals surface area contributed by atoms with Crippen LogP contribution in [0.2, 0.25) is 0 Å². The van der Waals surface area contributed by atoms with Crippen molar-refractivity contribution in [1.29, 1.82) is 0 Å². The van der Waals surface area contributed by atoms with Crippen LogP contribution >= 0.6 is 0 Å². The summed E-state index contributed by atoms with van der Waals surface area (Å²) >= 11 is 0. The van der Waals surface area contributed by atoms with Crippen LogP contribution in [0.25, 0.3) is 0 Å². The molecule has 0 fully saturated rings. The number of Topliss-reactive ketones (excluding diaryl/α,β-unsaturated/α-hetero) is 1. The van der Waals surface area contributed by atoms with Gasteiger partial charge in [-0.15, -0.1) is 0 Å². The summed E-state index contributed by atoms with van der Waals surface area (Å²) in [6.45, 7) is 3.61. The van der Waals surface area contributed by atoms with Gasteiger partial charge in [-0.1, -0.05) is 0 Å². The summed E-state index contributed by atoms with van der Waals surface area (Å²) in [6, 6.07) is 10.9. The van der Waals surface area contributed by atoms with Gasteiger partial charge in [0.05, 0.1) is 18.2 Å². The predicted molar refractivity (Wildman–Crippen MR) is 105 cm³/mol. The second-order valence-electron chi connectivity index (χ2n) is 6.74. The van der Waals surface area contributed by atoms with E-state index in [2.05, 4.69) is 4.74 Å². The molecule has 0 radical (unpaired) electrons. The first-order valence-corrected chi connectivity index (χ1v) is 9.16. The SMILES string of the molecule is COC(=O)c1ccc(C(=O)OC(C)C(=O)c2ccc3c(c2)CCN3C(C)=O)cc1. The van der Waals surface area contributed by atoms with E-state index in [0.29, 0.717) is 24.1 Å². The molecule has 0 saturated carbocycles. The fourth-order valence-corrected chi connectivity index (χ4v) is 3.26. The zero-order valence-corrected chi connectivity index (χ0v) is 16.4. The summed E-state index contributed by atoms with van der Waals surface area (Å²) in [5.74, 6) is -1.53. The molecule has 1 heterocycles. The molecule has 7 heteroatoms. The van der Waals surface area contributed by atoms with Crippen molar-refractivity contribution < 1.29 is 28.7 Å². The number of esters is 2. The van der Waals surface area contributed by atoms with Crippen LogP contribution in [0.3, 0.4) is 0 Å². The van der Waals surface area contributed by atoms with Crippen LogP contribution in [0.5, 0.6) is 0 Å². The number of hydrogen-bond acceptors (Lipinski definition) is 6. The molecule has 1 unspecified atom stereocenters. The molecule has 0 aromatic heterocycles. The number of nitrogens with zero attached hydrogens (tertiary/aromatic N) is 1. The lowest BCUT2D eigenvalue weighted by Gasteiger charge is -2.16. The molecule has 1 aliphatic rings.